The number of rotatable bonds is 23. The number of amides is 8. The monoisotopic (exact) mass is 812 g/mol. The molecule has 0 fully saturated rings. The number of hydrogen-bond acceptors (Lipinski definition) is 11. The molecule has 0 spiro atoms. The van der Waals surface area contributed by atoms with Crippen molar-refractivity contribution >= 4 is 53.2 Å². The molecule has 58 heavy (non-hydrogen) atoms. The summed E-state index contributed by atoms with van der Waals surface area (Å²) in [5.41, 5.74) is -0.367. The summed E-state index contributed by atoms with van der Waals surface area (Å²) in [4.78, 5) is 114. The van der Waals surface area contributed by atoms with E-state index in [1.807, 2.05) is 0 Å². The molecule has 0 saturated carbocycles. The van der Waals surface area contributed by atoms with Crippen molar-refractivity contribution in [3.05, 3.63) is 65.7 Å². The van der Waals surface area contributed by atoms with Crippen LogP contribution in [0, 0.1) is 5.41 Å². The molecule has 5 atom stereocenters. The maximum absolute atomic E-state index is 13.8. The number of benzene rings is 2. The van der Waals surface area contributed by atoms with Crippen LogP contribution in [0.4, 0.5) is 0 Å². The smallest absolute Gasteiger partial charge is 0.305 e. The van der Waals surface area contributed by atoms with Crippen LogP contribution in [0.25, 0.3) is 0 Å². The molecule has 0 aromatic heterocycles. The normalized spacial score (nSPS) is 13.7. The van der Waals surface area contributed by atoms with Gasteiger partial charge in [-0.3, -0.25) is 43.2 Å². The van der Waals surface area contributed by atoms with Crippen LogP contribution in [0.15, 0.2) is 54.6 Å². The molecule has 316 valence electrons. The first-order chi connectivity index (χ1) is 27.3. The van der Waals surface area contributed by atoms with E-state index in [4.69, 9.17) is 0 Å². The number of carboxylic acid groups (broad SMARTS) is 1. The summed E-state index contributed by atoms with van der Waals surface area (Å²) in [6.45, 7) is 1.87. The van der Waals surface area contributed by atoms with E-state index < -0.39 is 122 Å². The Labute approximate surface area is 334 Å². The minimum absolute atomic E-state index is 0.0317. The van der Waals surface area contributed by atoms with Crippen molar-refractivity contribution in [2.45, 2.75) is 71.1 Å². The molecular formula is C38H52N8O12. The Morgan fingerprint density at radius 1 is 0.517 bits per heavy atom. The van der Waals surface area contributed by atoms with E-state index in [9.17, 15) is 58.5 Å². The molecule has 2 aromatic carbocycles. The van der Waals surface area contributed by atoms with Gasteiger partial charge in [0.2, 0.25) is 47.3 Å². The molecule has 20 nitrogen and oxygen atoms in total. The molecule has 1 unspecified atom stereocenters. The van der Waals surface area contributed by atoms with Gasteiger partial charge in [0.05, 0.1) is 13.0 Å². The van der Waals surface area contributed by atoms with Crippen LogP contribution in [0.5, 0.6) is 5.75 Å². The maximum Gasteiger partial charge on any atom is 0.305 e. The number of carbonyl (C=O) groups excluding carboxylic acids is 8. The van der Waals surface area contributed by atoms with Crippen molar-refractivity contribution in [1.29, 1.82) is 0 Å². The Morgan fingerprint density at radius 2 is 0.862 bits per heavy atom. The van der Waals surface area contributed by atoms with Gasteiger partial charge < -0.3 is 57.9 Å². The highest BCUT2D eigenvalue weighted by Gasteiger charge is 2.37. The number of carbonyl (C=O) groups is 9. The van der Waals surface area contributed by atoms with Gasteiger partial charge in [-0.05, 0) is 23.3 Å². The Hall–Kier alpha value is -6.57. The largest absolute Gasteiger partial charge is 0.508 e. The molecule has 0 heterocycles. The van der Waals surface area contributed by atoms with E-state index in [0.29, 0.717) is 11.1 Å². The van der Waals surface area contributed by atoms with Crippen LogP contribution >= 0.6 is 0 Å². The SMILES string of the molecule is CC(=O)N[C@@H](CO)C(=O)NCC(CNC(=O)[C@H](CC(=O)O)NC(C)=O)(CNC(=O)[C@H](Cc1ccccc1)NC(C)=O)CNC(=O)[C@H](Cc1ccc(O)cc1)NC(C)=O. The second kappa shape index (κ2) is 23.5. The van der Waals surface area contributed by atoms with Crippen molar-refractivity contribution in [3.8, 4) is 5.75 Å². The van der Waals surface area contributed by atoms with Gasteiger partial charge in [-0.15, -0.1) is 0 Å². The molecular weight excluding hydrogens is 760 g/mol. The third-order valence-electron chi connectivity index (χ3n) is 8.55. The predicted molar refractivity (Wildman–Crippen MR) is 206 cm³/mol. The molecule has 2 rings (SSSR count). The Bertz CT molecular complexity index is 1760. The molecule has 8 amide bonds. The van der Waals surface area contributed by atoms with E-state index >= 15 is 0 Å². The number of aliphatic carboxylic acids is 1. The summed E-state index contributed by atoms with van der Waals surface area (Å²) in [6, 6.07) is 9.30. The average Bonchev–Trinajstić information content (AvgIpc) is 3.15. The van der Waals surface area contributed by atoms with Crippen LogP contribution in [-0.2, 0) is 56.0 Å². The van der Waals surface area contributed by atoms with Gasteiger partial charge in [-0.25, -0.2) is 0 Å². The third-order valence-corrected chi connectivity index (χ3v) is 8.55. The van der Waals surface area contributed by atoms with Crippen LogP contribution in [0.2, 0.25) is 0 Å². The van der Waals surface area contributed by atoms with E-state index in [0.717, 1.165) is 13.8 Å². The fourth-order valence-corrected chi connectivity index (χ4v) is 5.66. The molecule has 20 heteroatoms. The topological polar surface area (TPSA) is 311 Å². The summed E-state index contributed by atoms with van der Waals surface area (Å²) >= 11 is 0. The zero-order valence-electron chi connectivity index (χ0n) is 32.7. The van der Waals surface area contributed by atoms with Gasteiger partial charge in [0, 0.05) is 72.1 Å². The van der Waals surface area contributed by atoms with Gasteiger partial charge in [0.15, 0.2) is 0 Å². The zero-order valence-corrected chi connectivity index (χ0v) is 32.7. The van der Waals surface area contributed by atoms with E-state index in [1.54, 1.807) is 42.5 Å². The highest BCUT2D eigenvalue weighted by molar-refractivity contribution is 5.91. The van der Waals surface area contributed by atoms with Gasteiger partial charge in [0.1, 0.15) is 29.9 Å². The van der Waals surface area contributed by atoms with Crippen molar-refractivity contribution in [2.75, 3.05) is 32.8 Å². The molecule has 2 aromatic rings. The summed E-state index contributed by atoms with van der Waals surface area (Å²) < 4.78 is 0. The second-order valence-electron chi connectivity index (χ2n) is 13.7. The van der Waals surface area contributed by atoms with Gasteiger partial charge >= 0.3 is 5.97 Å². The lowest BCUT2D eigenvalue weighted by molar-refractivity contribution is -0.140. The number of phenols is 1. The highest BCUT2D eigenvalue weighted by Crippen LogP contribution is 2.17. The van der Waals surface area contributed by atoms with Crippen molar-refractivity contribution < 1.29 is 58.5 Å². The van der Waals surface area contributed by atoms with E-state index in [1.165, 1.54) is 26.0 Å². The summed E-state index contributed by atoms with van der Waals surface area (Å²) in [6.07, 6.45) is -0.796. The van der Waals surface area contributed by atoms with Crippen LogP contribution in [-0.4, -0.2) is 125 Å². The summed E-state index contributed by atoms with van der Waals surface area (Å²) in [5.74, 6) is -7.21. The molecule has 0 saturated heterocycles. The lowest BCUT2D eigenvalue weighted by atomic mass is 9.86. The molecule has 0 radical (unpaired) electrons. The molecule has 0 aliphatic carbocycles. The third kappa shape index (κ3) is 17.5. The minimum atomic E-state index is -1.62. The van der Waals surface area contributed by atoms with Gasteiger partial charge in [-0.2, -0.15) is 0 Å². The summed E-state index contributed by atoms with van der Waals surface area (Å²) in [7, 11) is 0. The fourth-order valence-electron chi connectivity index (χ4n) is 5.66. The fraction of sp³-hybridized carbons (Fsp3) is 0.447. The Balaban J connectivity index is 2.60. The quantitative estimate of drug-likeness (QED) is 0.0539. The Morgan fingerprint density at radius 3 is 1.24 bits per heavy atom. The van der Waals surface area contributed by atoms with Crippen molar-refractivity contribution in [2.24, 2.45) is 5.41 Å². The zero-order chi connectivity index (χ0) is 43.4. The van der Waals surface area contributed by atoms with Crippen molar-refractivity contribution in [3.63, 3.8) is 0 Å². The minimum Gasteiger partial charge on any atom is -0.508 e. The number of carboxylic acids is 1. The average molecular weight is 813 g/mol. The Kier molecular flexibility index (Phi) is 19.3. The van der Waals surface area contributed by atoms with Crippen LogP contribution in [0.3, 0.4) is 0 Å². The number of aromatic hydroxyl groups is 1. The summed E-state index contributed by atoms with van der Waals surface area (Å²) in [5, 5.41) is 49.1. The standard InChI is InChI=1S/C38H52N8O12/c1-22(48)43-29(14-26-8-6-5-7-9-26)34(55)39-18-38(21-42-37(58)32(17-47)46-25(4)51,20-41-36(57)31(16-33(53)54)45-24(3)50)19-40-35(56)30(44-23(2)49)15-27-10-12-28(52)13-11-27/h5-13,29-32,47,52H,14-21H2,1-4H3,(H,39,55)(H,40,56)(H,41,57)(H,42,58)(H,43,48)(H,44,49)(H,45,50)(H,46,51)(H,53,54)/t29-,30-,31-,32-,38?/m0/s1. The first-order valence-electron chi connectivity index (χ1n) is 18.2. The molecule has 0 aliphatic heterocycles. The maximum atomic E-state index is 13.8. The molecule has 0 aliphatic rings. The highest BCUT2D eigenvalue weighted by atomic mass is 16.4. The number of phenolic OH excluding ortho intramolecular Hbond substituents is 1. The van der Waals surface area contributed by atoms with Crippen molar-refractivity contribution in [1.82, 2.24) is 42.5 Å². The number of nitrogens with one attached hydrogen (secondary N) is 8. The van der Waals surface area contributed by atoms with Crippen LogP contribution in [0.1, 0.15) is 45.2 Å². The number of hydrogen-bond donors (Lipinski definition) is 11. The molecule has 0 bridgehead atoms. The second-order valence-corrected chi connectivity index (χ2v) is 13.7. The predicted octanol–water partition coefficient (Wildman–Crippen LogP) is -2.89. The van der Waals surface area contributed by atoms with Gasteiger partial charge in [-0.1, -0.05) is 42.5 Å². The van der Waals surface area contributed by atoms with Crippen LogP contribution < -0.4 is 42.5 Å². The first kappa shape index (κ1) is 47.6. The molecule has 11 N–H and O–H groups in total. The number of aliphatic hydroxyl groups is 1. The lowest BCUT2D eigenvalue weighted by Gasteiger charge is -2.36. The first-order valence-corrected chi connectivity index (χ1v) is 18.2. The van der Waals surface area contributed by atoms with Gasteiger partial charge in [0.25, 0.3) is 0 Å². The number of aliphatic hydroxyl groups excluding tert-OH is 1. The van der Waals surface area contributed by atoms with E-state index in [-0.39, 0.29) is 18.6 Å². The lowest BCUT2D eigenvalue weighted by Crippen LogP contribution is -2.61. The van der Waals surface area contributed by atoms with E-state index in [2.05, 4.69) is 42.5 Å².